The fraction of sp³-hybridized carbons (Fsp3) is 0.556. The number of amides is 1. The highest BCUT2D eigenvalue weighted by Gasteiger charge is 2.28. The second kappa shape index (κ2) is 9.45. The number of hydrogen-bond donors (Lipinski definition) is 1. The predicted octanol–water partition coefficient (Wildman–Crippen LogP) is 3.41. The largest absolute Gasteiger partial charge is 0.325 e. The van der Waals surface area contributed by atoms with Crippen LogP contribution in [0.4, 0.5) is 5.69 Å². The number of carbonyl (C=O) groups excluding carboxylic acids is 1. The lowest BCUT2D eigenvalue weighted by Gasteiger charge is -2.30. The van der Waals surface area contributed by atoms with Crippen LogP contribution in [0.15, 0.2) is 34.2 Å². The Morgan fingerprint density at radius 3 is 2.59 bits per heavy atom. The topological polar surface area (TPSA) is 78.8 Å². The predicted molar refractivity (Wildman–Crippen MR) is 114 cm³/mol. The summed E-state index contributed by atoms with van der Waals surface area (Å²) in [5.41, 5.74) is 0.598. The Hall–Kier alpha value is -1.03. The molecule has 148 valence electrons. The molecule has 1 N–H and O–H groups in total. The fourth-order valence-electron chi connectivity index (χ4n) is 3.24. The summed E-state index contributed by atoms with van der Waals surface area (Å²) in [7, 11) is -1.84. The van der Waals surface area contributed by atoms with Crippen LogP contribution in [0.2, 0.25) is 0 Å². The first-order chi connectivity index (χ1) is 13.0. The monoisotopic (exact) mass is 427 g/mol. The van der Waals surface area contributed by atoms with Gasteiger partial charge in [-0.2, -0.15) is 4.31 Å². The molecule has 1 aromatic carbocycles. The third kappa shape index (κ3) is 5.49. The van der Waals surface area contributed by atoms with Crippen LogP contribution >= 0.6 is 23.5 Å². The Balaban J connectivity index is 1.57. The van der Waals surface area contributed by atoms with Gasteiger partial charge in [-0.3, -0.25) is 9.79 Å². The molecule has 3 rings (SSSR count). The minimum atomic E-state index is -3.51. The summed E-state index contributed by atoms with van der Waals surface area (Å²) in [6.07, 6.45) is 5.19. The van der Waals surface area contributed by atoms with Crippen molar-refractivity contribution >= 4 is 49.5 Å². The first-order valence-electron chi connectivity index (χ1n) is 9.15. The van der Waals surface area contributed by atoms with Crippen LogP contribution in [0.25, 0.3) is 0 Å². The van der Waals surface area contributed by atoms with Gasteiger partial charge in [-0.05, 0) is 37.1 Å². The molecule has 0 spiro atoms. The van der Waals surface area contributed by atoms with Crippen LogP contribution in [0.1, 0.15) is 32.1 Å². The average Bonchev–Trinajstić information content (AvgIpc) is 3.20. The SMILES string of the molecule is CN(C1CCCCC1)S(=O)(=O)c1ccc(NC(=O)CSC2=NCCS2)cc1. The fourth-order valence-corrected chi connectivity index (χ4v) is 6.47. The number of thioether (sulfide) groups is 2. The maximum absolute atomic E-state index is 12.8. The van der Waals surface area contributed by atoms with E-state index in [2.05, 4.69) is 10.3 Å². The van der Waals surface area contributed by atoms with Gasteiger partial charge in [0.15, 0.2) is 0 Å². The molecule has 1 fully saturated rings. The minimum Gasteiger partial charge on any atom is -0.325 e. The van der Waals surface area contributed by atoms with Crippen molar-refractivity contribution in [2.45, 2.75) is 43.0 Å². The minimum absolute atomic E-state index is 0.0801. The summed E-state index contributed by atoms with van der Waals surface area (Å²) in [5.74, 6) is 1.16. The van der Waals surface area contributed by atoms with Crippen molar-refractivity contribution in [1.82, 2.24) is 4.31 Å². The van der Waals surface area contributed by atoms with Gasteiger partial charge in [0, 0.05) is 24.5 Å². The first kappa shape index (κ1) is 20.7. The van der Waals surface area contributed by atoms with E-state index in [-0.39, 0.29) is 16.8 Å². The number of rotatable bonds is 6. The highest BCUT2D eigenvalue weighted by molar-refractivity contribution is 8.39. The van der Waals surface area contributed by atoms with E-state index in [0.717, 1.165) is 42.4 Å². The highest BCUT2D eigenvalue weighted by atomic mass is 32.2. The van der Waals surface area contributed by atoms with Crippen molar-refractivity contribution in [1.29, 1.82) is 0 Å². The van der Waals surface area contributed by atoms with Gasteiger partial charge in [-0.25, -0.2) is 8.42 Å². The van der Waals surface area contributed by atoms with Crippen LogP contribution < -0.4 is 5.32 Å². The summed E-state index contributed by atoms with van der Waals surface area (Å²) < 4.78 is 28.1. The first-order valence-corrected chi connectivity index (χ1v) is 12.6. The molecule has 27 heavy (non-hydrogen) atoms. The van der Waals surface area contributed by atoms with Crippen molar-refractivity contribution in [3.8, 4) is 0 Å². The molecule has 1 aromatic rings. The summed E-state index contributed by atoms with van der Waals surface area (Å²) in [4.78, 5) is 16.6. The van der Waals surface area contributed by atoms with Gasteiger partial charge in [-0.15, -0.1) is 0 Å². The zero-order chi connectivity index (χ0) is 19.3. The van der Waals surface area contributed by atoms with Crippen LogP contribution in [0.5, 0.6) is 0 Å². The van der Waals surface area contributed by atoms with Gasteiger partial charge in [0.2, 0.25) is 15.9 Å². The van der Waals surface area contributed by atoms with Gasteiger partial charge in [0.1, 0.15) is 4.38 Å². The molecule has 0 unspecified atom stereocenters. The molecule has 1 aliphatic carbocycles. The Morgan fingerprint density at radius 2 is 1.96 bits per heavy atom. The van der Waals surface area contributed by atoms with Crippen molar-refractivity contribution in [3.63, 3.8) is 0 Å². The standard InChI is InChI=1S/C18H25N3O3S3/c1-21(15-5-3-2-4-6-15)27(23,24)16-9-7-14(8-10-16)20-17(22)13-26-18-19-11-12-25-18/h7-10,15H,2-6,11-13H2,1H3,(H,20,22). The van der Waals surface area contributed by atoms with Gasteiger partial charge in [0.25, 0.3) is 0 Å². The van der Waals surface area contributed by atoms with Crippen molar-refractivity contribution in [3.05, 3.63) is 24.3 Å². The number of benzene rings is 1. The smallest absolute Gasteiger partial charge is 0.243 e. The maximum Gasteiger partial charge on any atom is 0.243 e. The average molecular weight is 428 g/mol. The van der Waals surface area contributed by atoms with Crippen LogP contribution in [-0.2, 0) is 14.8 Å². The summed E-state index contributed by atoms with van der Waals surface area (Å²) in [6.45, 7) is 0.819. The molecular weight excluding hydrogens is 402 g/mol. The van der Waals surface area contributed by atoms with Gasteiger partial charge < -0.3 is 5.32 Å². The summed E-state index contributed by atoms with van der Waals surface area (Å²) in [5, 5.41) is 2.80. The van der Waals surface area contributed by atoms with E-state index >= 15 is 0 Å². The van der Waals surface area contributed by atoms with E-state index < -0.39 is 10.0 Å². The lowest BCUT2D eigenvalue weighted by Crippen LogP contribution is -2.38. The van der Waals surface area contributed by atoms with E-state index in [0.29, 0.717) is 11.4 Å². The van der Waals surface area contributed by atoms with E-state index in [1.807, 2.05) is 0 Å². The van der Waals surface area contributed by atoms with Crippen LogP contribution in [0, 0.1) is 0 Å². The number of anilines is 1. The number of aliphatic imine (C=N–C) groups is 1. The Morgan fingerprint density at radius 1 is 1.26 bits per heavy atom. The number of nitrogens with zero attached hydrogens (tertiary/aromatic N) is 2. The molecule has 0 radical (unpaired) electrons. The third-order valence-corrected chi connectivity index (χ3v) is 8.97. The number of nitrogens with one attached hydrogen (secondary N) is 1. The molecule has 1 heterocycles. The molecular formula is C18H25N3O3S3. The molecule has 0 bridgehead atoms. The number of sulfonamides is 1. The molecule has 1 saturated carbocycles. The summed E-state index contributed by atoms with van der Waals surface area (Å²) >= 11 is 3.11. The van der Waals surface area contributed by atoms with Gasteiger partial charge in [0.05, 0.1) is 17.2 Å². The molecule has 1 amide bonds. The molecule has 1 aliphatic heterocycles. The Kier molecular flexibility index (Phi) is 7.24. The lowest BCUT2D eigenvalue weighted by atomic mass is 9.96. The zero-order valence-corrected chi connectivity index (χ0v) is 17.8. The normalized spacial score (nSPS) is 18.5. The number of carbonyl (C=O) groups is 1. The summed E-state index contributed by atoms with van der Waals surface area (Å²) in [6, 6.07) is 6.50. The molecule has 0 atom stereocenters. The Bertz CT molecular complexity index is 788. The molecule has 0 saturated heterocycles. The van der Waals surface area contributed by atoms with Gasteiger partial charge >= 0.3 is 0 Å². The van der Waals surface area contributed by atoms with E-state index in [9.17, 15) is 13.2 Å². The van der Waals surface area contributed by atoms with Crippen LogP contribution in [-0.4, -0.2) is 54.1 Å². The maximum atomic E-state index is 12.8. The molecule has 6 nitrogen and oxygen atoms in total. The van der Waals surface area contributed by atoms with Crippen molar-refractivity contribution < 1.29 is 13.2 Å². The van der Waals surface area contributed by atoms with E-state index in [1.54, 1.807) is 43.1 Å². The zero-order valence-electron chi connectivity index (χ0n) is 15.4. The molecule has 2 aliphatic rings. The molecule has 0 aromatic heterocycles. The third-order valence-electron chi connectivity index (χ3n) is 4.79. The van der Waals surface area contributed by atoms with Gasteiger partial charge in [-0.1, -0.05) is 42.8 Å². The second-order valence-corrected chi connectivity index (χ2v) is 11.0. The van der Waals surface area contributed by atoms with Crippen LogP contribution in [0.3, 0.4) is 0 Å². The van der Waals surface area contributed by atoms with Crippen molar-refractivity contribution in [2.75, 3.05) is 30.4 Å². The second-order valence-electron chi connectivity index (χ2n) is 6.67. The quantitative estimate of drug-likeness (QED) is 0.753. The highest BCUT2D eigenvalue weighted by Crippen LogP contribution is 2.27. The Labute approximate surface area is 169 Å². The lowest BCUT2D eigenvalue weighted by molar-refractivity contribution is -0.113. The molecule has 9 heteroatoms. The van der Waals surface area contributed by atoms with Crippen molar-refractivity contribution in [2.24, 2.45) is 4.99 Å². The number of hydrogen-bond acceptors (Lipinski definition) is 6. The van der Waals surface area contributed by atoms with E-state index in [1.165, 1.54) is 22.5 Å². The van der Waals surface area contributed by atoms with E-state index in [4.69, 9.17) is 0 Å².